The molecule has 0 aromatic heterocycles. The number of hydrogen-bond acceptors (Lipinski definition) is 1. The average molecular weight is 376 g/mol. The Morgan fingerprint density at radius 2 is 2.00 bits per heavy atom. The minimum absolute atomic E-state index is 0.114. The van der Waals surface area contributed by atoms with E-state index in [9.17, 15) is 9.18 Å². The zero-order valence-corrected chi connectivity index (χ0v) is 12.0. The summed E-state index contributed by atoms with van der Waals surface area (Å²) in [4.78, 5) is 11.9. The first-order chi connectivity index (χ1) is 8.56. The quantitative estimate of drug-likeness (QED) is 0.778. The largest absolute Gasteiger partial charge is 0.319 e. The third kappa shape index (κ3) is 3.20. The summed E-state index contributed by atoms with van der Waals surface area (Å²) in [5, 5.41) is 2.80. The molecule has 0 heterocycles. The SMILES string of the molecule is O=C(Nc1ccc(Cl)cc1F)c1cccc(I)c1. The fraction of sp³-hybridized carbons (Fsp3) is 0. The fourth-order valence-electron chi connectivity index (χ4n) is 1.42. The second-order valence-electron chi connectivity index (χ2n) is 3.59. The van der Waals surface area contributed by atoms with Crippen molar-refractivity contribution in [2.75, 3.05) is 5.32 Å². The van der Waals surface area contributed by atoms with Gasteiger partial charge in [-0.3, -0.25) is 4.79 Å². The van der Waals surface area contributed by atoms with Crippen LogP contribution in [-0.2, 0) is 0 Å². The molecule has 2 nitrogen and oxygen atoms in total. The summed E-state index contributed by atoms with van der Waals surface area (Å²) in [6.07, 6.45) is 0. The molecule has 0 atom stereocenters. The van der Waals surface area contributed by atoms with Gasteiger partial charge in [-0.15, -0.1) is 0 Å². The van der Waals surface area contributed by atoms with Crippen LogP contribution in [0.5, 0.6) is 0 Å². The first-order valence-corrected chi connectivity index (χ1v) is 6.54. The minimum Gasteiger partial charge on any atom is -0.319 e. The van der Waals surface area contributed by atoms with E-state index in [1.807, 2.05) is 6.07 Å². The number of carbonyl (C=O) groups excluding carboxylic acids is 1. The maximum absolute atomic E-state index is 13.5. The predicted octanol–water partition coefficient (Wildman–Crippen LogP) is 4.34. The number of rotatable bonds is 2. The average Bonchev–Trinajstić information content (AvgIpc) is 2.32. The molecule has 0 aliphatic carbocycles. The van der Waals surface area contributed by atoms with Gasteiger partial charge in [0.2, 0.25) is 0 Å². The second kappa shape index (κ2) is 5.67. The number of carbonyl (C=O) groups is 1. The van der Waals surface area contributed by atoms with Gasteiger partial charge >= 0.3 is 0 Å². The van der Waals surface area contributed by atoms with Crippen LogP contribution in [0.4, 0.5) is 10.1 Å². The highest BCUT2D eigenvalue weighted by Gasteiger charge is 2.09. The predicted molar refractivity (Wildman–Crippen MR) is 78.5 cm³/mol. The van der Waals surface area contributed by atoms with Gasteiger partial charge in [0.15, 0.2) is 0 Å². The van der Waals surface area contributed by atoms with Crippen LogP contribution in [0, 0.1) is 9.39 Å². The van der Waals surface area contributed by atoms with Gasteiger partial charge in [-0.1, -0.05) is 17.7 Å². The molecule has 0 saturated heterocycles. The van der Waals surface area contributed by atoms with Crippen molar-refractivity contribution < 1.29 is 9.18 Å². The van der Waals surface area contributed by atoms with E-state index in [-0.39, 0.29) is 11.6 Å². The van der Waals surface area contributed by atoms with Gasteiger partial charge in [0, 0.05) is 14.2 Å². The van der Waals surface area contributed by atoms with Crippen LogP contribution in [0.2, 0.25) is 5.02 Å². The Morgan fingerprint density at radius 3 is 2.67 bits per heavy atom. The van der Waals surface area contributed by atoms with Crippen LogP contribution in [0.3, 0.4) is 0 Å². The number of halogens is 3. The molecule has 0 radical (unpaired) electrons. The molecule has 0 spiro atoms. The summed E-state index contributed by atoms with van der Waals surface area (Å²) in [5.74, 6) is -0.906. The van der Waals surface area contributed by atoms with E-state index in [2.05, 4.69) is 27.9 Å². The van der Waals surface area contributed by atoms with Crippen molar-refractivity contribution in [1.29, 1.82) is 0 Å². The van der Waals surface area contributed by atoms with Gasteiger partial charge in [-0.2, -0.15) is 0 Å². The van der Waals surface area contributed by atoms with Gasteiger partial charge < -0.3 is 5.32 Å². The summed E-state index contributed by atoms with van der Waals surface area (Å²) in [7, 11) is 0. The van der Waals surface area contributed by atoms with E-state index in [1.165, 1.54) is 12.1 Å². The Balaban J connectivity index is 2.21. The molecule has 2 rings (SSSR count). The van der Waals surface area contributed by atoms with E-state index in [1.54, 1.807) is 18.2 Å². The number of anilines is 1. The van der Waals surface area contributed by atoms with Crippen LogP contribution in [0.1, 0.15) is 10.4 Å². The monoisotopic (exact) mass is 375 g/mol. The minimum atomic E-state index is -0.554. The van der Waals surface area contributed by atoms with Crippen molar-refractivity contribution in [3.8, 4) is 0 Å². The van der Waals surface area contributed by atoms with E-state index < -0.39 is 5.82 Å². The lowest BCUT2D eigenvalue weighted by Crippen LogP contribution is -2.13. The lowest BCUT2D eigenvalue weighted by molar-refractivity contribution is 0.102. The normalized spacial score (nSPS) is 10.2. The molecule has 5 heteroatoms. The molecular weight excluding hydrogens is 368 g/mol. The lowest BCUT2D eigenvalue weighted by Gasteiger charge is -2.06. The molecule has 2 aromatic rings. The second-order valence-corrected chi connectivity index (χ2v) is 5.27. The van der Waals surface area contributed by atoms with E-state index in [4.69, 9.17) is 11.6 Å². The molecule has 0 bridgehead atoms. The van der Waals surface area contributed by atoms with Gasteiger partial charge in [-0.05, 0) is 59.0 Å². The maximum Gasteiger partial charge on any atom is 0.255 e. The third-order valence-electron chi connectivity index (χ3n) is 2.27. The van der Waals surface area contributed by atoms with Gasteiger partial charge in [0.25, 0.3) is 5.91 Å². The topological polar surface area (TPSA) is 29.1 Å². The summed E-state index contributed by atoms with van der Waals surface area (Å²) in [5.41, 5.74) is 0.597. The standard InChI is InChI=1S/C13H8ClFINO/c14-9-4-5-12(11(15)7-9)17-13(18)8-2-1-3-10(16)6-8/h1-7H,(H,17,18). The number of amides is 1. The molecule has 18 heavy (non-hydrogen) atoms. The summed E-state index contributed by atoms with van der Waals surface area (Å²) in [6, 6.07) is 11.2. The number of benzene rings is 2. The molecule has 0 fully saturated rings. The lowest BCUT2D eigenvalue weighted by atomic mass is 10.2. The molecular formula is C13H8ClFINO. The first-order valence-electron chi connectivity index (χ1n) is 5.08. The Labute approximate surface area is 122 Å². The van der Waals surface area contributed by atoms with Gasteiger partial charge in [0.1, 0.15) is 5.82 Å². The Hall–Kier alpha value is -1.14. The highest BCUT2D eigenvalue weighted by Crippen LogP contribution is 2.19. The number of nitrogens with one attached hydrogen (secondary N) is 1. The molecule has 0 aliphatic rings. The van der Waals surface area contributed by atoms with E-state index in [0.29, 0.717) is 10.6 Å². The summed E-state index contributed by atoms with van der Waals surface area (Å²) >= 11 is 7.75. The molecule has 92 valence electrons. The highest BCUT2D eigenvalue weighted by molar-refractivity contribution is 14.1. The van der Waals surface area contributed by atoms with Crippen LogP contribution < -0.4 is 5.32 Å². The molecule has 1 amide bonds. The molecule has 0 saturated carbocycles. The Bertz CT molecular complexity index is 603. The molecule has 0 aliphatic heterocycles. The summed E-state index contributed by atoms with van der Waals surface area (Å²) in [6.45, 7) is 0. The van der Waals surface area contributed by atoms with Crippen molar-refractivity contribution >= 4 is 45.8 Å². The molecule has 1 N–H and O–H groups in total. The van der Waals surface area contributed by atoms with Crippen LogP contribution >= 0.6 is 34.2 Å². The van der Waals surface area contributed by atoms with Crippen LogP contribution in [0.25, 0.3) is 0 Å². The third-order valence-corrected chi connectivity index (χ3v) is 3.17. The van der Waals surface area contributed by atoms with Gasteiger partial charge in [0.05, 0.1) is 5.69 Å². The fourth-order valence-corrected chi connectivity index (χ4v) is 2.12. The Kier molecular flexibility index (Phi) is 4.19. The van der Waals surface area contributed by atoms with Crippen molar-refractivity contribution in [3.05, 3.63) is 62.4 Å². The smallest absolute Gasteiger partial charge is 0.255 e. The van der Waals surface area contributed by atoms with Crippen LogP contribution in [-0.4, -0.2) is 5.91 Å². The maximum atomic E-state index is 13.5. The summed E-state index contributed by atoms with van der Waals surface area (Å²) < 4.78 is 14.4. The highest BCUT2D eigenvalue weighted by atomic mass is 127. The zero-order valence-electron chi connectivity index (χ0n) is 9.08. The van der Waals surface area contributed by atoms with Crippen LogP contribution in [0.15, 0.2) is 42.5 Å². The molecule has 2 aromatic carbocycles. The zero-order chi connectivity index (χ0) is 13.1. The molecule has 0 unspecified atom stereocenters. The van der Waals surface area contributed by atoms with Crippen molar-refractivity contribution in [2.24, 2.45) is 0 Å². The van der Waals surface area contributed by atoms with E-state index >= 15 is 0 Å². The Morgan fingerprint density at radius 1 is 1.22 bits per heavy atom. The van der Waals surface area contributed by atoms with Crippen molar-refractivity contribution in [2.45, 2.75) is 0 Å². The number of hydrogen-bond donors (Lipinski definition) is 1. The first kappa shape index (κ1) is 13.3. The van der Waals surface area contributed by atoms with E-state index in [0.717, 1.165) is 9.64 Å². The van der Waals surface area contributed by atoms with Gasteiger partial charge in [-0.25, -0.2) is 4.39 Å². The van der Waals surface area contributed by atoms with Crippen molar-refractivity contribution in [3.63, 3.8) is 0 Å². The van der Waals surface area contributed by atoms with Crippen molar-refractivity contribution in [1.82, 2.24) is 0 Å².